The van der Waals surface area contributed by atoms with Crippen molar-refractivity contribution in [3.63, 3.8) is 0 Å². The van der Waals surface area contributed by atoms with Crippen LogP contribution >= 0.6 is 11.6 Å². The number of hydrogen-bond donors (Lipinski definition) is 0. The maximum Gasteiger partial charge on any atom is 0.496 e. The number of halogens is 2. The van der Waals surface area contributed by atoms with Crippen LogP contribution in [0.25, 0.3) is 0 Å². The van der Waals surface area contributed by atoms with Gasteiger partial charge in [-0.15, -0.1) is 0 Å². The van der Waals surface area contributed by atoms with E-state index >= 15 is 4.39 Å². The Morgan fingerprint density at radius 2 is 1.76 bits per heavy atom. The van der Waals surface area contributed by atoms with Crippen LogP contribution in [0.2, 0.25) is 5.02 Å². The maximum absolute atomic E-state index is 15.2. The van der Waals surface area contributed by atoms with E-state index < -0.39 is 41.4 Å². The molecule has 0 N–H and O–H groups in total. The van der Waals surface area contributed by atoms with E-state index in [1.54, 1.807) is 4.90 Å². The molecule has 2 fully saturated rings. The lowest BCUT2D eigenvalue weighted by Crippen LogP contribution is -2.63. The molecule has 9 heteroatoms. The Kier molecular flexibility index (Phi) is 6.13. The summed E-state index contributed by atoms with van der Waals surface area (Å²) in [6.45, 7) is 13.8. The van der Waals surface area contributed by atoms with Gasteiger partial charge in [-0.25, -0.2) is 9.18 Å². The molecule has 0 aromatic heterocycles. The number of likely N-dealkylation sites (tertiary alicyclic amines) is 1. The first-order valence-electron chi connectivity index (χ1n) is 12.8. The Bertz CT molecular complexity index is 1220. The molecular formula is C28H34BClFNO5. The van der Waals surface area contributed by atoms with Crippen LogP contribution in [-0.2, 0) is 26.1 Å². The molecule has 3 aliphatic heterocycles. The minimum Gasteiger partial charge on any atom is -0.480 e. The summed E-state index contributed by atoms with van der Waals surface area (Å²) in [4.78, 5) is 14.8. The Labute approximate surface area is 223 Å². The quantitative estimate of drug-likeness (QED) is 0.483. The first-order chi connectivity index (χ1) is 17.2. The first kappa shape index (κ1) is 26.3. The minimum absolute atomic E-state index is 0.0395. The van der Waals surface area contributed by atoms with Gasteiger partial charge in [-0.05, 0) is 60.5 Å². The zero-order chi connectivity index (χ0) is 27.0. The van der Waals surface area contributed by atoms with Crippen LogP contribution in [0.15, 0.2) is 36.4 Å². The second kappa shape index (κ2) is 8.62. The van der Waals surface area contributed by atoms with Gasteiger partial charge in [-0.1, -0.05) is 41.9 Å². The summed E-state index contributed by atoms with van der Waals surface area (Å²) in [6, 6.07) is 10.8. The monoisotopic (exact) mass is 529 g/mol. The van der Waals surface area contributed by atoms with Crippen LogP contribution in [0.1, 0.15) is 66.0 Å². The van der Waals surface area contributed by atoms with E-state index in [9.17, 15) is 4.79 Å². The van der Waals surface area contributed by atoms with Gasteiger partial charge in [0.2, 0.25) is 0 Å². The second-order valence-corrected chi connectivity index (χ2v) is 12.5. The standard InChI is InChI=1S/C28H34BClFNO5/c1-25(2,3)35-24(33)32-14-13-21(32)28(17-11-9-8-10-12-17)16-18-20(34-28)15-19(31)23(30)22(18)29-36-26(4,5)27(6,7)37-29/h8-12,15,21H,13-14,16H2,1-7H3. The SMILES string of the molecule is CC(C)(C)OC(=O)N1CCC1C1(c2ccccc2)Cc2c(cc(F)c(Cl)c2B2OC(C)(C)C(C)(C)O2)O1. The van der Waals surface area contributed by atoms with Gasteiger partial charge in [0.25, 0.3) is 0 Å². The van der Waals surface area contributed by atoms with Crippen molar-refractivity contribution >= 4 is 30.3 Å². The molecule has 5 rings (SSSR count). The van der Waals surface area contributed by atoms with E-state index in [-0.39, 0.29) is 11.1 Å². The Morgan fingerprint density at radius 1 is 1.14 bits per heavy atom. The maximum atomic E-state index is 15.2. The first-order valence-corrected chi connectivity index (χ1v) is 13.1. The molecule has 2 atom stereocenters. The number of amides is 1. The smallest absolute Gasteiger partial charge is 0.480 e. The van der Waals surface area contributed by atoms with Gasteiger partial charge in [-0.3, -0.25) is 0 Å². The van der Waals surface area contributed by atoms with Crippen LogP contribution in [-0.4, -0.2) is 47.5 Å². The Hall–Kier alpha value is -2.29. The van der Waals surface area contributed by atoms with E-state index in [0.29, 0.717) is 30.6 Å². The third kappa shape index (κ3) is 4.31. The minimum atomic E-state index is -0.950. The summed E-state index contributed by atoms with van der Waals surface area (Å²) in [5.41, 5.74) is -0.775. The van der Waals surface area contributed by atoms with Crippen molar-refractivity contribution in [3.8, 4) is 5.75 Å². The fourth-order valence-electron chi connectivity index (χ4n) is 5.31. The molecule has 2 aromatic rings. The summed E-state index contributed by atoms with van der Waals surface area (Å²) >= 11 is 6.59. The lowest BCUT2D eigenvalue weighted by atomic mass is 9.71. The molecule has 1 amide bonds. The van der Waals surface area contributed by atoms with Gasteiger partial charge in [0.05, 0.1) is 22.3 Å². The second-order valence-electron chi connectivity index (χ2n) is 12.2. The summed E-state index contributed by atoms with van der Waals surface area (Å²) in [7, 11) is -0.861. The number of carbonyl (C=O) groups is 1. The fraction of sp³-hybridized carbons (Fsp3) is 0.536. The lowest BCUT2D eigenvalue weighted by molar-refractivity contribution is -0.0749. The van der Waals surface area contributed by atoms with Crippen molar-refractivity contribution in [2.24, 2.45) is 0 Å². The third-order valence-corrected chi connectivity index (χ3v) is 8.38. The topological polar surface area (TPSA) is 57.2 Å². The van der Waals surface area contributed by atoms with E-state index in [1.165, 1.54) is 6.07 Å². The van der Waals surface area contributed by atoms with E-state index in [2.05, 4.69) is 0 Å². The van der Waals surface area contributed by atoms with Crippen molar-refractivity contribution in [2.75, 3.05) is 6.54 Å². The van der Waals surface area contributed by atoms with Crippen molar-refractivity contribution in [1.29, 1.82) is 0 Å². The molecule has 2 unspecified atom stereocenters. The average Bonchev–Trinajstić information content (AvgIpc) is 3.20. The Balaban J connectivity index is 1.59. The number of ether oxygens (including phenoxy) is 2. The van der Waals surface area contributed by atoms with Crippen LogP contribution in [0.3, 0.4) is 0 Å². The molecule has 0 bridgehead atoms. The predicted molar refractivity (Wildman–Crippen MR) is 141 cm³/mol. The zero-order valence-corrected chi connectivity index (χ0v) is 23.2. The highest BCUT2D eigenvalue weighted by molar-refractivity contribution is 6.66. The molecule has 2 saturated heterocycles. The molecular weight excluding hydrogens is 496 g/mol. The highest BCUT2D eigenvalue weighted by atomic mass is 35.5. The molecule has 0 aliphatic carbocycles. The third-order valence-electron chi connectivity index (χ3n) is 8.00. The van der Waals surface area contributed by atoms with E-state index in [1.807, 2.05) is 78.8 Å². The number of carbonyl (C=O) groups excluding carboxylic acids is 1. The average molecular weight is 530 g/mol. The van der Waals surface area contributed by atoms with Gasteiger partial charge < -0.3 is 23.7 Å². The van der Waals surface area contributed by atoms with Crippen LogP contribution in [0.5, 0.6) is 5.75 Å². The summed E-state index contributed by atoms with van der Waals surface area (Å²) < 4.78 is 40.1. The molecule has 0 spiro atoms. The van der Waals surface area contributed by atoms with Crippen molar-refractivity contribution in [2.45, 2.75) is 89.8 Å². The van der Waals surface area contributed by atoms with E-state index in [4.69, 9.17) is 30.4 Å². The van der Waals surface area contributed by atoms with Crippen LogP contribution in [0, 0.1) is 5.82 Å². The summed E-state index contributed by atoms with van der Waals surface area (Å²) in [5, 5.41) is -0.0395. The molecule has 3 heterocycles. The predicted octanol–water partition coefficient (Wildman–Crippen LogP) is 5.62. The molecule has 6 nitrogen and oxygen atoms in total. The number of nitrogens with zero attached hydrogens (tertiary/aromatic N) is 1. The largest absolute Gasteiger partial charge is 0.496 e. The number of fused-ring (bicyclic) bond motifs is 1. The number of benzene rings is 2. The van der Waals surface area contributed by atoms with Gasteiger partial charge >= 0.3 is 13.2 Å². The fourth-order valence-corrected chi connectivity index (χ4v) is 5.56. The highest BCUT2D eigenvalue weighted by Crippen LogP contribution is 2.50. The summed E-state index contributed by atoms with van der Waals surface area (Å²) in [6.07, 6.45) is 0.689. The molecule has 0 radical (unpaired) electrons. The highest BCUT2D eigenvalue weighted by Gasteiger charge is 2.58. The number of hydrogen-bond acceptors (Lipinski definition) is 5. The molecule has 3 aliphatic rings. The van der Waals surface area contributed by atoms with Crippen LogP contribution in [0.4, 0.5) is 9.18 Å². The van der Waals surface area contributed by atoms with E-state index in [0.717, 1.165) is 11.1 Å². The van der Waals surface area contributed by atoms with Gasteiger partial charge in [0.1, 0.15) is 17.2 Å². The van der Waals surface area contributed by atoms with Gasteiger partial charge in [-0.2, -0.15) is 0 Å². The molecule has 2 aromatic carbocycles. The van der Waals surface area contributed by atoms with Crippen molar-refractivity contribution in [1.82, 2.24) is 4.90 Å². The van der Waals surface area contributed by atoms with Gasteiger partial charge in [0, 0.05) is 30.1 Å². The number of rotatable bonds is 3. The van der Waals surface area contributed by atoms with Crippen molar-refractivity contribution in [3.05, 3.63) is 58.4 Å². The zero-order valence-electron chi connectivity index (χ0n) is 22.5. The Morgan fingerprint density at radius 3 is 2.30 bits per heavy atom. The lowest BCUT2D eigenvalue weighted by Gasteiger charge is -2.50. The normalized spacial score (nSPS) is 25.9. The molecule has 37 heavy (non-hydrogen) atoms. The van der Waals surface area contributed by atoms with Crippen LogP contribution < -0.4 is 10.2 Å². The molecule has 198 valence electrons. The van der Waals surface area contributed by atoms with Crippen molar-refractivity contribution < 1.29 is 28.0 Å². The molecule has 0 saturated carbocycles. The van der Waals surface area contributed by atoms with Gasteiger partial charge in [0.15, 0.2) is 5.60 Å². The summed E-state index contributed by atoms with van der Waals surface area (Å²) in [5.74, 6) is -0.224.